The van der Waals surface area contributed by atoms with Gasteiger partial charge < -0.3 is 15.2 Å². The molecule has 1 rings (SSSR count). The number of benzene rings is 1. The topological polar surface area (TPSA) is 58.6 Å². The molecule has 5 heteroatoms. The lowest BCUT2D eigenvalue weighted by Crippen LogP contribution is -2.27. The van der Waals surface area contributed by atoms with Gasteiger partial charge in [-0.25, -0.2) is 0 Å². The second-order valence-electron chi connectivity index (χ2n) is 3.88. The van der Waals surface area contributed by atoms with Gasteiger partial charge in [0.15, 0.2) is 0 Å². The predicted molar refractivity (Wildman–Crippen MR) is 71.2 cm³/mol. The van der Waals surface area contributed by atoms with Crippen LogP contribution in [0.5, 0.6) is 5.75 Å². The smallest absolute Gasteiger partial charge is 0.255 e. The molecule has 0 saturated carbocycles. The summed E-state index contributed by atoms with van der Waals surface area (Å²) in [6, 6.07) is 4.40. The summed E-state index contributed by atoms with van der Waals surface area (Å²) in [6.07, 6.45) is 2.11. The number of carbonyl (C=O) groups is 1. The highest BCUT2D eigenvalue weighted by atomic mass is 35.5. The second-order valence-corrected chi connectivity index (χ2v) is 4.32. The number of hydrogen-bond donors (Lipinski definition) is 2. The summed E-state index contributed by atoms with van der Waals surface area (Å²) in [6.45, 7) is 3.69. The van der Waals surface area contributed by atoms with Crippen molar-refractivity contribution < 1.29 is 14.6 Å². The van der Waals surface area contributed by atoms with Crippen molar-refractivity contribution in [2.75, 3.05) is 19.8 Å². The maximum absolute atomic E-state index is 11.7. The van der Waals surface area contributed by atoms with Gasteiger partial charge in [-0.05, 0) is 24.6 Å². The standard InChI is InChI=1S/C13H18ClNO3/c1-2-3-7-18-8-6-15-13(17)11-5-4-10(14)9-12(11)16/h4-5,9,16H,2-3,6-8H2,1H3,(H,15,17). The number of halogens is 1. The molecule has 0 aliphatic heterocycles. The Labute approximate surface area is 112 Å². The highest BCUT2D eigenvalue weighted by molar-refractivity contribution is 6.30. The first kappa shape index (κ1) is 14.8. The molecule has 0 atom stereocenters. The summed E-state index contributed by atoms with van der Waals surface area (Å²) < 4.78 is 5.31. The molecule has 1 aromatic carbocycles. The second kappa shape index (κ2) is 7.95. The van der Waals surface area contributed by atoms with E-state index in [1.54, 1.807) is 6.07 Å². The van der Waals surface area contributed by atoms with Crippen LogP contribution < -0.4 is 5.32 Å². The summed E-state index contributed by atoms with van der Waals surface area (Å²) in [5.74, 6) is -0.449. The highest BCUT2D eigenvalue weighted by Gasteiger charge is 2.10. The average molecular weight is 272 g/mol. The Hall–Kier alpha value is -1.26. The number of ether oxygens (including phenoxy) is 1. The van der Waals surface area contributed by atoms with Gasteiger partial charge in [0.1, 0.15) is 5.75 Å². The molecule has 1 aromatic rings. The normalized spacial score (nSPS) is 10.3. The van der Waals surface area contributed by atoms with Crippen molar-refractivity contribution in [1.82, 2.24) is 5.32 Å². The number of amides is 1. The van der Waals surface area contributed by atoms with E-state index in [0.29, 0.717) is 24.8 Å². The summed E-state index contributed by atoms with van der Waals surface area (Å²) in [4.78, 5) is 11.7. The van der Waals surface area contributed by atoms with Crippen molar-refractivity contribution in [3.63, 3.8) is 0 Å². The Kier molecular flexibility index (Phi) is 6.54. The van der Waals surface area contributed by atoms with E-state index in [1.807, 2.05) is 0 Å². The molecule has 0 aliphatic rings. The fraction of sp³-hybridized carbons (Fsp3) is 0.462. The molecule has 0 aromatic heterocycles. The summed E-state index contributed by atoms with van der Waals surface area (Å²) in [5.41, 5.74) is 0.216. The molecule has 100 valence electrons. The number of hydrogen-bond acceptors (Lipinski definition) is 3. The molecule has 4 nitrogen and oxygen atoms in total. The van der Waals surface area contributed by atoms with E-state index in [0.717, 1.165) is 12.8 Å². The number of nitrogens with one attached hydrogen (secondary N) is 1. The van der Waals surface area contributed by atoms with Crippen molar-refractivity contribution in [1.29, 1.82) is 0 Å². The van der Waals surface area contributed by atoms with Crippen molar-refractivity contribution >= 4 is 17.5 Å². The molecule has 0 spiro atoms. The number of rotatable bonds is 7. The van der Waals surface area contributed by atoms with E-state index in [1.165, 1.54) is 12.1 Å². The molecular formula is C13H18ClNO3. The van der Waals surface area contributed by atoms with E-state index in [4.69, 9.17) is 16.3 Å². The first-order chi connectivity index (χ1) is 8.65. The van der Waals surface area contributed by atoms with Gasteiger partial charge in [0.05, 0.1) is 12.2 Å². The minimum absolute atomic E-state index is 0.119. The van der Waals surface area contributed by atoms with Crippen LogP contribution in [-0.2, 0) is 4.74 Å². The largest absolute Gasteiger partial charge is 0.507 e. The van der Waals surface area contributed by atoms with Crippen molar-refractivity contribution in [2.24, 2.45) is 0 Å². The Morgan fingerprint density at radius 3 is 2.89 bits per heavy atom. The van der Waals surface area contributed by atoms with Crippen molar-refractivity contribution in [3.05, 3.63) is 28.8 Å². The first-order valence-corrected chi connectivity index (χ1v) is 6.37. The van der Waals surface area contributed by atoms with Crippen molar-refractivity contribution in [3.8, 4) is 5.75 Å². The third kappa shape index (κ3) is 4.94. The molecule has 18 heavy (non-hydrogen) atoms. The van der Waals surface area contributed by atoms with Crippen molar-refractivity contribution in [2.45, 2.75) is 19.8 Å². The minimum atomic E-state index is -0.330. The molecule has 0 saturated heterocycles. The molecule has 0 aliphatic carbocycles. The third-order valence-electron chi connectivity index (χ3n) is 2.38. The molecule has 0 fully saturated rings. The molecule has 2 N–H and O–H groups in total. The SMILES string of the molecule is CCCCOCCNC(=O)c1ccc(Cl)cc1O. The number of carbonyl (C=O) groups excluding carboxylic acids is 1. The average Bonchev–Trinajstić information content (AvgIpc) is 2.33. The van der Waals surface area contributed by atoms with Gasteiger partial charge >= 0.3 is 0 Å². The lowest BCUT2D eigenvalue weighted by atomic mass is 10.2. The maximum atomic E-state index is 11.7. The van der Waals surface area contributed by atoms with Crippen LogP contribution in [0.15, 0.2) is 18.2 Å². The first-order valence-electron chi connectivity index (χ1n) is 5.99. The zero-order chi connectivity index (χ0) is 13.4. The van der Waals surface area contributed by atoms with E-state index in [2.05, 4.69) is 12.2 Å². The Morgan fingerprint density at radius 2 is 2.22 bits per heavy atom. The highest BCUT2D eigenvalue weighted by Crippen LogP contribution is 2.21. The van der Waals surface area contributed by atoms with Gasteiger partial charge in [0.25, 0.3) is 5.91 Å². The van der Waals surface area contributed by atoms with Crippen LogP contribution in [0.2, 0.25) is 5.02 Å². The zero-order valence-corrected chi connectivity index (χ0v) is 11.2. The molecule has 1 amide bonds. The van der Waals surface area contributed by atoms with E-state index < -0.39 is 0 Å². The van der Waals surface area contributed by atoms with Crippen LogP contribution in [0.4, 0.5) is 0 Å². The third-order valence-corrected chi connectivity index (χ3v) is 2.61. The summed E-state index contributed by atoms with van der Waals surface area (Å²) in [7, 11) is 0. The lowest BCUT2D eigenvalue weighted by molar-refractivity contribution is 0.0910. The number of unbranched alkanes of at least 4 members (excludes halogenated alkanes) is 1. The van der Waals surface area contributed by atoms with E-state index in [-0.39, 0.29) is 17.2 Å². The molecule has 0 unspecified atom stereocenters. The minimum Gasteiger partial charge on any atom is -0.507 e. The number of aromatic hydroxyl groups is 1. The monoisotopic (exact) mass is 271 g/mol. The van der Waals surface area contributed by atoms with Gasteiger partial charge in [-0.15, -0.1) is 0 Å². The van der Waals surface area contributed by atoms with Gasteiger partial charge in [0, 0.05) is 18.2 Å². The Bertz CT molecular complexity index is 396. The predicted octanol–water partition coefficient (Wildman–Crippen LogP) is 2.59. The van der Waals surface area contributed by atoms with Gasteiger partial charge in [-0.3, -0.25) is 4.79 Å². The quantitative estimate of drug-likeness (QED) is 0.750. The van der Waals surface area contributed by atoms with Crippen LogP contribution in [0.25, 0.3) is 0 Å². The summed E-state index contributed by atoms with van der Waals surface area (Å²) in [5, 5.41) is 12.6. The number of phenolic OH excluding ortho intramolecular Hbond substituents is 1. The Balaban J connectivity index is 2.32. The Morgan fingerprint density at radius 1 is 1.44 bits per heavy atom. The van der Waals surface area contributed by atoms with Crippen LogP contribution >= 0.6 is 11.6 Å². The molecular weight excluding hydrogens is 254 g/mol. The van der Waals surface area contributed by atoms with Crippen LogP contribution in [0.1, 0.15) is 30.1 Å². The molecule has 0 heterocycles. The van der Waals surface area contributed by atoms with Gasteiger partial charge in [0.2, 0.25) is 0 Å². The number of phenols is 1. The van der Waals surface area contributed by atoms with Gasteiger partial charge in [-0.2, -0.15) is 0 Å². The zero-order valence-electron chi connectivity index (χ0n) is 10.4. The van der Waals surface area contributed by atoms with Gasteiger partial charge in [-0.1, -0.05) is 24.9 Å². The van der Waals surface area contributed by atoms with E-state index in [9.17, 15) is 9.90 Å². The van der Waals surface area contributed by atoms with Crippen LogP contribution in [0.3, 0.4) is 0 Å². The van der Waals surface area contributed by atoms with Crippen LogP contribution in [-0.4, -0.2) is 30.8 Å². The van der Waals surface area contributed by atoms with E-state index >= 15 is 0 Å². The summed E-state index contributed by atoms with van der Waals surface area (Å²) >= 11 is 5.69. The fourth-order valence-corrected chi connectivity index (χ4v) is 1.54. The fourth-order valence-electron chi connectivity index (χ4n) is 1.38. The maximum Gasteiger partial charge on any atom is 0.255 e. The van der Waals surface area contributed by atoms with Crippen LogP contribution in [0, 0.1) is 0 Å². The molecule has 0 radical (unpaired) electrons. The lowest BCUT2D eigenvalue weighted by Gasteiger charge is -2.07. The molecule has 0 bridgehead atoms.